The topological polar surface area (TPSA) is 84.9 Å². The molecule has 1 aliphatic rings. The summed E-state index contributed by atoms with van der Waals surface area (Å²) in [5.74, 6) is 0.533. The van der Waals surface area contributed by atoms with E-state index < -0.39 is 10.0 Å². The van der Waals surface area contributed by atoms with E-state index in [9.17, 15) is 13.2 Å². The molecule has 0 atom stereocenters. The summed E-state index contributed by atoms with van der Waals surface area (Å²) in [6.45, 7) is 0.587. The Hall–Kier alpha value is -3.04. The van der Waals surface area contributed by atoms with Crippen LogP contribution in [0, 0.1) is 0 Å². The Morgan fingerprint density at radius 2 is 1.94 bits per heavy atom. The third-order valence-electron chi connectivity index (χ3n) is 5.09. The van der Waals surface area contributed by atoms with Crippen LogP contribution in [0.1, 0.15) is 21.7 Å². The predicted molar refractivity (Wildman–Crippen MR) is 121 cm³/mol. The van der Waals surface area contributed by atoms with Gasteiger partial charge in [-0.1, -0.05) is 12.1 Å². The van der Waals surface area contributed by atoms with Gasteiger partial charge >= 0.3 is 0 Å². The molecule has 1 aromatic heterocycles. The summed E-state index contributed by atoms with van der Waals surface area (Å²) in [5, 5.41) is 1.87. The molecule has 0 saturated heterocycles. The molecule has 3 aromatic rings. The number of thiophene rings is 1. The van der Waals surface area contributed by atoms with Crippen molar-refractivity contribution in [3.05, 3.63) is 64.4 Å². The van der Waals surface area contributed by atoms with Crippen molar-refractivity contribution in [2.45, 2.75) is 17.7 Å². The van der Waals surface area contributed by atoms with Crippen LogP contribution >= 0.6 is 11.3 Å². The van der Waals surface area contributed by atoms with Gasteiger partial charge < -0.3 is 14.4 Å². The number of aryl methyl sites for hydroxylation is 1. The zero-order valence-electron chi connectivity index (χ0n) is 17.1. The van der Waals surface area contributed by atoms with Crippen molar-refractivity contribution in [3.63, 3.8) is 0 Å². The van der Waals surface area contributed by atoms with Gasteiger partial charge in [0.1, 0.15) is 16.4 Å². The van der Waals surface area contributed by atoms with Crippen molar-refractivity contribution >= 4 is 38.6 Å². The number of fused-ring (bicyclic) bond motifs is 1. The monoisotopic (exact) mass is 458 g/mol. The Kier molecular flexibility index (Phi) is 5.88. The lowest BCUT2D eigenvalue weighted by atomic mass is 10.0. The average molecular weight is 459 g/mol. The van der Waals surface area contributed by atoms with E-state index in [2.05, 4.69) is 4.72 Å². The first-order valence-electron chi connectivity index (χ1n) is 9.66. The second-order valence-electron chi connectivity index (χ2n) is 7.00. The highest BCUT2D eigenvalue weighted by molar-refractivity contribution is 7.92. The van der Waals surface area contributed by atoms with Gasteiger partial charge in [-0.05, 0) is 54.1 Å². The summed E-state index contributed by atoms with van der Waals surface area (Å²) in [6.07, 6.45) is 1.69. The van der Waals surface area contributed by atoms with Gasteiger partial charge in [0.15, 0.2) is 0 Å². The molecule has 31 heavy (non-hydrogen) atoms. The zero-order chi connectivity index (χ0) is 22.0. The summed E-state index contributed by atoms with van der Waals surface area (Å²) in [7, 11) is -1.08. The van der Waals surface area contributed by atoms with Crippen molar-refractivity contribution < 1.29 is 22.7 Å². The van der Waals surface area contributed by atoms with Gasteiger partial charge in [0, 0.05) is 18.3 Å². The number of nitrogens with one attached hydrogen (secondary N) is 1. The Morgan fingerprint density at radius 3 is 2.65 bits per heavy atom. The molecule has 2 heterocycles. The summed E-state index contributed by atoms with van der Waals surface area (Å²) in [4.78, 5) is 15.3. The Balaban J connectivity index is 1.68. The maximum Gasteiger partial charge on any atom is 0.268 e. The first-order valence-corrected chi connectivity index (χ1v) is 12.0. The molecule has 7 nitrogen and oxygen atoms in total. The van der Waals surface area contributed by atoms with Crippen LogP contribution in [0.3, 0.4) is 0 Å². The summed E-state index contributed by atoms with van der Waals surface area (Å²) < 4.78 is 39.2. The van der Waals surface area contributed by atoms with E-state index in [1.165, 1.54) is 31.6 Å². The number of amides is 1. The molecule has 0 unspecified atom stereocenters. The normalized spacial score (nSPS) is 13.4. The largest absolute Gasteiger partial charge is 0.497 e. The molecule has 0 aliphatic carbocycles. The maximum absolute atomic E-state index is 13.1. The molecule has 4 rings (SSSR count). The molecule has 1 amide bonds. The highest BCUT2D eigenvalue weighted by Crippen LogP contribution is 2.34. The van der Waals surface area contributed by atoms with Gasteiger partial charge in [0.2, 0.25) is 0 Å². The van der Waals surface area contributed by atoms with E-state index in [-0.39, 0.29) is 16.6 Å². The van der Waals surface area contributed by atoms with Gasteiger partial charge in [-0.25, -0.2) is 8.42 Å². The zero-order valence-corrected chi connectivity index (χ0v) is 18.8. The molecule has 1 N–H and O–H groups in total. The lowest BCUT2D eigenvalue weighted by Gasteiger charge is -2.29. The van der Waals surface area contributed by atoms with Crippen LogP contribution in [0.4, 0.5) is 11.4 Å². The number of carbonyl (C=O) groups excluding carboxylic acids is 1. The summed E-state index contributed by atoms with van der Waals surface area (Å²) in [5.41, 5.74) is 2.11. The van der Waals surface area contributed by atoms with Crippen molar-refractivity contribution in [1.82, 2.24) is 0 Å². The fourth-order valence-electron chi connectivity index (χ4n) is 3.59. The molecular weight excluding hydrogens is 436 g/mol. The SMILES string of the molecule is COc1ccc(OC)c(S(=O)(=O)Nc2ccc3c(c2)N(C(=O)c2cccs2)CCC3)c1. The van der Waals surface area contributed by atoms with Crippen molar-refractivity contribution in [1.29, 1.82) is 0 Å². The number of nitrogens with zero attached hydrogens (tertiary/aromatic N) is 1. The van der Waals surface area contributed by atoms with E-state index in [1.807, 2.05) is 17.5 Å². The lowest BCUT2D eigenvalue weighted by molar-refractivity contribution is 0.0989. The third kappa shape index (κ3) is 4.24. The molecule has 0 bridgehead atoms. The quantitative estimate of drug-likeness (QED) is 0.600. The van der Waals surface area contributed by atoms with Crippen molar-refractivity contribution in [3.8, 4) is 11.5 Å². The molecule has 9 heteroatoms. The third-order valence-corrected chi connectivity index (χ3v) is 7.35. The van der Waals surface area contributed by atoms with Gasteiger partial charge in [-0.3, -0.25) is 9.52 Å². The van der Waals surface area contributed by atoms with Crippen LogP contribution < -0.4 is 19.1 Å². The number of sulfonamides is 1. The van der Waals surface area contributed by atoms with E-state index >= 15 is 0 Å². The van der Waals surface area contributed by atoms with E-state index in [0.717, 1.165) is 24.1 Å². The molecule has 0 radical (unpaired) electrons. The lowest BCUT2D eigenvalue weighted by Crippen LogP contribution is -2.35. The number of carbonyl (C=O) groups is 1. The van der Waals surface area contributed by atoms with Crippen LogP contribution in [0.25, 0.3) is 0 Å². The standard InChI is InChI=1S/C22H22N2O5S2/c1-28-17-9-10-19(29-2)21(14-17)31(26,27)23-16-8-7-15-5-3-11-24(18(15)13-16)22(25)20-6-4-12-30-20/h4,6-10,12-14,23H,3,5,11H2,1-2H3. The van der Waals surface area contributed by atoms with Crippen LogP contribution in [-0.4, -0.2) is 35.1 Å². The summed E-state index contributed by atoms with van der Waals surface area (Å²) >= 11 is 1.39. The molecule has 2 aromatic carbocycles. The number of hydrogen-bond acceptors (Lipinski definition) is 6. The van der Waals surface area contributed by atoms with Crippen LogP contribution in [0.5, 0.6) is 11.5 Å². The van der Waals surface area contributed by atoms with Crippen LogP contribution in [0.2, 0.25) is 0 Å². The highest BCUT2D eigenvalue weighted by Gasteiger charge is 2.26. The number of rotatable bonds is 6. The number of hydrogen-bond donors (Lipinski definition) is 1. The predicted octanol–water partition coefficient (Wildman–Crippen LogP) is 4.16. The Labute approximate surface area is 185 Å². The maximum atomic E-state index is 13.1. The van der Waals surface area contributed by atoms with Crippen LogP contribution in [0.15, 0.2) is 58.8 Å². The second kappa shape index (κ2) is 8.60. The molecule has 162 valence electrons. The van der Waals surface area contributed by atoms with E-state index in [1.54, 1.807) is 35.2 Å². The molecule has 0 fully saturated rings. The van der Waals surface area contributed by atoms with Crippen LogP contribution in [-0.2, 0) is 16.4 Å². The second-order valence-corrected chi connectivity index (χ2v) is 9.60. The average Bonchev–Trinajstić information content (AvgIpc) is 3.32. The van der Waals surface area contributed by atoms with E-state index in [0.29, 0.717) is 22.9 Å². The molecular formula is C22H22N2O5S2. The Morgan fingerprint density at radius 1 is 1.10 bits per heavy atom. The fraction of sp³-hybridized carbons (Fsp3) is 0.227. The van der Waals surface area contributed by atoms with Gasteiger partial charge in [-0.15, -0.1) is 11.3 Å². The van der Waals surface area contributed by atoms with E-state index in [4.69, 9.17) is 9.47 Å². The minimum absolute atomic E-state index is 0.0291. The minimum atomic E-state index is -3.95. The summed E-state index contributed by atoms with van der Waals surface area (Å²) in [6, 6.07) is 13.5. The van der Waals surface area contributed by atoms with Gasteiger partial charge in [0.05, 0.1) is 24.8 Å². The first-order chi connectivity index (χ1) is 14.9. The number of methoxy groups -OCH3 is 2. The van der Waals surface area contributed by atoms with Gasteiger partial charge in [0.25, 0.3) is 15.9 Å². The first kappa shape index (κ1) is 21.2. The number of anilines is 2. The molecule has 0 spiro atoms. The van der Waals surface area contributed by atoms with Crippen molar-refractivity contribution in [2.75, 3.05) is 30.4 Å². The molecule has 1 aliphatic heterocycles. The number of benzene rings is 2. The van der Waals surface area contributed by atoms with Crippen molar-refractivity contribution in [2.24, 2.45) is 0 Å². The highest BCUT2D eigenvalue weighted by atomic mass is 32.2. The Bertz CT molecular complexity index is 1210. The minimum Gasteiger partial charge on any atom is -0.497 e. The van der Waals surface area contributed by atoms with Gasteiger partial charge in [-0.2, -0.15) is 0 Å². The fourth-order valence-corrected chi connectivity index (χ4v) is 5.49. The number of ether oxygens (including phenoxy) is 2. The smallest absolute Gasteiger partial charge is 0.268 e. The molecule has 0 saturated carbocycles.